The quantitative estimate of drug-likeness (QED) is 0.878. The smallest absolute Gasteiger partial charge is 0.221 e. The van der Waals surface area contributed by atoms with E-state index in [9.17, 15) is 4.79 Å². The Labute approximate surface area is 120 Å². The van der Waals surface area contributed by atoms with Gasteiger partial charge in [-0.15, -0.1) is 0 Å². The zero-order valence-corrected chi connectivity index (χ0v) is 12.7. The van der Waals surface area contributed by atoms with Gasteiger partial charge in [-0.25, -0.2) is 0 Å². The lowest BCUT2D eigenvalue weighted by atomic mass is 10.1. The third-order valence-electron chi connectivity index (χ3n) is 3.87. The summed E-state index contributed by atoms with van der Waals surface area (Å²) in [6, 6.07) is 6.40. The van der Waals surface area contributed by atoms with E-state index in [4.69, 9.17) is 0 Å². The van der Waals surface area contributed by atoms with E-state index in [0.29, 0.717) is 6.42 Å². The molecule has 0 fully saturated rings. The van der Waals surface area contributed by atoms with Crippen molar-refractivity contribution >= 4 is 16.8 Å². The van der Waals surface area contributed by atoms with Crippen LogP contribution in [0.3, 0.4) is 0 Å². The molecule has 1 heterocycles. The summed E-state index contributed by atoms with van der Waals surface area (Å²) in [5.74, 6) is 0.0848. The number of benzene rings is 1. The summed E-state index contributed by atoms with van der Waals surface area (Å²) in [4.78, 5) is 16.9. The van der Waals surface area contributed by atoms with Crippen LogP contribution >= 0.6 is 0 Å². The number of para-hydroxylation sites is 1. The fourth-order valence-electron chi connectivity index (χ4n) is 2.46. The Morgan fingerprint density at radius 3 is 2.80 bits per heavy atom. The maximum atomic E-state index is 11.3. The molecule has 1 aromatic heterocycles. The van der Waals surface area contributed by atoms with Gasteiger partial charge in [-0.1, -0.05) is 18.2 Å². The minimum absolute atomic E-state index is 0.0848. The molecule has 0 saturated heterocycles. The molecule has 0 aliphatic rings. The summed E-state index contributed by atoms with van der Waals surface area (Å²) < 4.78 is 0. The lowest BCUT2D eigenvalue weighted by Crippen LogP contribution is -2.26. The van der Waals surface area contributed by atoms with E-state index in [1.165, 1.54) is 27.7 Å². The Bertz CT molecular complexity index is 615. The van der Waals surface area contributed by atoms with E-state index in [1.807, 2.05) is 7.05 Å². The molecule has 4 nitrogen and oxygen atoms in total. The Morgan fingerprint density at radius 2 is 2.10 bits per heavy atom. The molecule has 0 aliphatic heterocycles. The second kappa shape index (κ2) is 6.09. The fourth-order valence-corrected chi connectivity index (χ4v) is 2.46. The average molecular weight is 273 g/mol. The molecule has 1 aromatic carbocycles. The second-order valence-corrected chi connectivity index (χ2v) is 5.38. The number of H-pyrrole nitrogens is 1. The lowest BCUT2D eigenvalue weighted by Gasteiger charge is -2.16. The number of nitrogens with one attached hydrogen (secondary N) is 2. The molecule has 0 aliphatic carbocycles. The summed E-state index contributed by atoms with van der Waals surface area (Å²) in [7, 11) is 3.72. The maximum absolute atomic E-state index is 11.3. The van der Waals surface area contributed by atoms with Crippen molar-refractivity contribution in [2.24, 2.45) is 0 Å². The van der Waals surface area contributed by atoms with Gasteiger partial charge in [0.2, 0.25) is 5.91 Å². The van der Waals surface area contributed by atoms with Crippen LogP contribution in [-0.4, -0.2) is 36.4 Å². The van der Waals surface area contributed by atoms with Crippen molar-refractivity contribution in [3.63, 3.8) is 0 Å². The normalized spacial score (nSPS) is 11.2. The van der Waals surface area contributed by atoms with Crippen molar-refractivity contribution in [1.82, 2.24) is 15.2 Å². The van der Waals surface area contributed by atoms with Gasteiger partial charge in [-0.3, -0.25) is 4.79 Å². The van der Waals surface area contributed by atoms with E-state index in [2.05, 4.69) is 47.2 Å². The van der Waals surface area contributed by atoms with E-state index in [0.717, 1.165) is 13.1 Å². The third kappa shape index (κ3) is 3.02. The topological polar surface area (TPSA) is 48.1 Å². The molecule has 0 saturated carbocycles. The standard InChI is InChI=1S/C16H23N3O/c1-11-12(2)18-16-13(6-5-7-14(11)16)10-19(4)9-8-15(20)17-3/h5-7,18H,8-10H2,1-4H3,(H,17,20). The van der Waals surface area contributed by atoms with Crippen LogP contribution in [0.1, 0.15) is 23.2 Å². The number of carbonyl (C=O) groups excluding carboxylic acids is 1. The summed E-state index contributed by atoms with van der Waals surface area (Å²) in [6.07, 6.45) is 0.533. The van der Waals surface area contributed by atoms with Gasteiger partial charge in [0.15, 0.2) is 0 Å². The van der Waals surface area contributed by atoms with Gasteiger partial charge in [0.1, 0.15) is 0 Å². The van der Waals surface area contributed by atoms with Crippen molar-refractivity contribution in [2.45, 2.75) is 26.8 Å². The zero-order valence-electron chi connectivity index (χ0n) is 12.7. The number of aromatic amines is 1. The number of hydrogen-bond acceptors (Lipinski definition) is 2. The Balaban J connectivity index is 2.13. The molecule has 0 radical (unpaired) electrons. The molecular formula is C16H23N3O. The van der Waals surface area contributed by atoms with Crippen LogP contribution in [0.15, 0.2) is 18.2 Å². The zero-order chi connectivity index (χ0) is 14.7. The van der Waals surface area contributed by atoms with Crippen LogP contribution in [0.5, 0.6) is 0 Å². The van der Waals surface area contributed by atoms with E-state index in [1.54, 1.807) is 7.05 Å². The van der Waals surface area contributed by atoms with Crippen molar-refractivity contribution in [3.8, 4) is 0 Å². The monoisotopic (exact) mass is 273 g/mol. The van der Waals surface area contributed by atoms with Crippen LogP contribution in [0, 0.1) is 13.8 Å². The summed E-state index contributed by atoms with van der Waals surface area (Å²) in [6.45, 7) is 5.85. The Kier molecular flexibility index (Phi) is 4.45. The van der Waals surface area contributed by atoms with Gasteiger partial charge in [-0.05, 0) is 32.0 Å². The number of rotatable bonds is 5. The van der Waals surface area contributed by atoms with E-state index >= 15 is 0 Å². The van der Waals surface area contributed by atoms with E-state index < -0.39 is 0 Å². The van der Waals surface area contributed by atoms with Gasteiger partial charge in [0.25, 0.3) is 0 Å². The number of fused-ring (bicyclic) bond motifs is 1. The van der Waals surface area contributed by atoms with Crippen LogP contribution in [0.2, 0.25) is 0 Å². The first-order valence-corrected chi connectivity index (χ1v) is 6.98. The van der Waals surface area contributed by atoms with Gasteiger partial charge >= 0.3 is 0 Å². The Hall–Kier alpha value is -1.81. The molecular weight excluding hydrogens is 250 g/mol. The average Bonchev–Trinajstić information content (AvgIpc) is 2.73. The summed E-state index contributed by atoms with van der Waals surface area (Å²) in [5.41, 5.74) is 5.03. The highest BCUT2D eigenvalue weighted by molar-refractivity contribution is 5.87. The number of amides is 1. The molecule has 0 atom stereocenters. The molecule has 2 rings (SSSR count). The van der Waals surface area contributed by atoms with Crippen molar-refractivity contribution < 1.29 is 4.79 Å². The molecule has 1 amide bonds. The first-order valence-electron chi connectivity index (χ1n) is 6.98. The van der Waals surface area contributed by atoms with Gasteiger partial charge < -0.3 is 15.2 Å². The van der Waals surface area contributed by atoms with Crippen LogP contribution in [-0.2, 0) is 11.3 Å². The number of aryl methyl sites for hydroxylation is 2. The molecule has 0 unspecified atom stereocenters. The number of nitrogens with zero attached hydrogens (tertiary/aromatic N) is 1. The highest BCUT2D eigenvalue weighted by Gasteiger charge is 2.10. The number of hydrogen-bond donors (Lipinski definition) is 2. The van der Waals surface area contributed by atoms with Crippen LogP contribution < -0.4 is 5.32 Å². The van der Waals surface area contributed by atoms with Crippen LogP contribution in [0.4, 0.5) is 0 Å². The van der Waals surface area contributed by atoms with Crippen molar-refractivity contribution in [1.29, 1.82) is 0 Å². The Morgan fingerprint density at radius 1 is 1.35 bits per heavy atom. The molecule has 20 heavy (non-hydrogen) atoms. The van der Waals surface area contributed by atoms with Gasteiger partial charge in [-0.2, -0.15) is 0 Å². The van der Waals surface area contributed by atoms with Crippen LogP contribution in [0.25, 0.3) is 10.9 Å². The highest BCUT2D eigenvalue weighted by Crippen LogP contribution is 2.24. The molecule has 2 aromatic rings. The first kappa shape index (κ1) is 14.6. The molecule has 4 heteroatoms. The minimum Gasteiger partial charge on any atom is -0.359 e. The third-order valence-corrected chi connectivity index (χ3v) is 3.87. The fraction of sp³-hybridized carbons (Fsp3) is 0.438. The second-order valence-electron chi connectivity index (χ2n) is 5.38. The molecule has 0 spiro atoms. The molecule has 0 bridgehead atoms. The highest BCUT2D eigenvalue weighted by atomic mass is 16.1. The lowest BCUT2D eigenvalue weighted by molar-refractivity contribution is -0.120. The van der Waals surface area contributed by atoms with Gasteiger partial charge in [0.05, 0.1) is 5.52 Å². The largest absolute Gasteiger partial charge is 0.359 e. The van der Waals surface area contributed by atoms with E-state index in [-0.39, 0.29) is 5.91 Å². The predicted molar refractivity (Wildman–Crippen MR) is 82.8 cm³/mol. The summed E-state index contributed by atoms with van der Waals surface area (Å²) >= 11 is 0. The maximum Gasteiger partial charge on any atom is 0.221 e. The number of aromatic nitrogens is 1. The van der Waals surface area contributed by atoms with Crippen molar-refractivity contribution in [3.05, 3.63) is 35.0 Å². The first-order chi connectivity index (χ1) is 9.52. The molecule has 108 valence electrons. The van der Waals surface area contributed by atoms with Crippen molar-refractivity contribution in [2.75, 3.05) is 20.6 Å². The molecule has 2 N–H and O–H groups in total. The predicted octanol–water partition coefficient (Wildman–Crippen LogP) is 2.35. The number of carbonyl (C=O) groups is 1. The SMILES string of the molecule is CNC(=O)CCN(C)Cc1cccc2c(C)c(C)[nH]c12. The summed E-state index contributed by atoms with van der Waals surface area (Å²) in [5, 5.41) is 3.94. The van der Waals surface area contributed by atoms with Gasteiger partial charge in [0, 0.05) is 37.6 Å². The minimum atomic E-state index is 0.0848.